The largest absolute Gasteiger partial charge is 0.454 e. The number of aliphatic hydroxyl groups is 2. The van der Waals surface area contributed by atoms with Gasteiger partial charge >= 0.3 is 0 Å². The molecule has 1 aliphatic carbocycles. The lowest BCUT2D eigenvalue weighted by Crippen LogP contribution is -2.44. The van der Waals surface area contributed by atoms with Crippen molar-refractivity contribution < 1.29 is 24.6 Å². The molecule has 108 valence electrons. The highest BCUT2D eigenvalue weighted by Gasteiger charge is 2.43. The Hall–Kier alpha value is -1.86. The van der Waals surface area contributed by atoms with Crippen LogP contribution in [0, 0.1) is 10.1 Å². The molecule has 4 atom stereocenters. The summed E-state index contributed by atoms with van der Waals surface area (Å²) in [5, 5.41) is 30.6. The number of ether oxygens (including phenoxy) is 2. The molecule has 20 heavy (non-hydrogen) atoms. The summed E-state index contributed by atoms with van der Waals surface area (Å²) in [6, 6.07) is 4.27. The van der Waals surface area contributed by atoms with Crippen molar-refractivity contribution in [3.63, 3.8) is 0 Å². The maximum atomic E-state index is 11.2. The van der Waals surface area contributed by atoms with Gasteiger partial charge in [0.1, 0.15) is 0 Å². The summed E-state index contributed by atoms with van der Waals surface area (Å²) in [4.78, 5) is 10.8. The number of nitro groups is 1. The molecule has 1 aromatic rings. The van der Waals surface area contributed by atoms with Crippen molar-refractivity contribution in [3.8, 4) is 11.5 Å². The zero-order chi connectivity index (χ0) is 14.3. The molecule has 1 heterocycles. The van der Waals surface area contributed by atoms with Gasteiger partial charge in [0, 0.05) is 11.3 Å². The van der Waals surface area contributed by atoms with Crippen molar-refractivity contribution in [2.45, 2.75) is 37.0 Å². The summed E-state index contributed by atoms with van der Waals surface area (Å²) < 4.78 is 10.5. The lowest BCUT2D eigenvalue weighted by molar-refractivity contribution is -0.533. The zero-order valence-electron chi connectivity index (χ0n) is 10.6. The number of hydrogen-bond acceptors (Lipinski definition) is 6. The Morgan fingerprint density at radius 1 is 1.15 bits per heavy atom. The molecule has 0 saturated heterocycles. The van der Waals surface area contributed by atoms with E-state index in [0.29, 0.717) is 11.5 Å². The monoisotopic (exact) mass is 281 g/mol. The highest BCUT2D eigenvalue weighted by molar-refractivity contribution is 5.45. The predicted molar refractivity (Wildman–Crippen MR) is 67.3 cm³/mol. The highest BCUT2D eigenvalue weighted by atomic mass is 16.7. The van der Waals surface area contributed by atoms with Crippen LogP contribution in [0.25, 0.3) is 0 Å². The Labute approximate surface area is 114 Å². The summed E-state index contributed by atoms with van der Waals surface area (Å²) in [7, 11) is 0. The van der Waals surface area contributed by atoms with Gasteiger partial charge in [0.2, 0.25) is 12.8 Å². The molecule has 2 aliphatic rings. The van der Waals surface area contributed by atoms with Crippen molar-refractivity contribution in [1.29, 1.82) is 0 Å². The Morgan fingerprint density at radius 2 is 1.85 bits per heavy atom. The first-order valence-corrected chi connectivity index (χ1v) is 6.45. The fraction of sp³-hybridized carbons (Fsp3) is 0.538. The topological polar surface area (TPSA) is 102 Å². The molecule has 2 N–H and O–H groups in total. The second kappa shape index (κ2) is 4.92. The quantitative estimate of drug-likeness (QED) is 0.610. The van der Waals surface area contributed by atoms with Crippen LogP contribution in [-0.4, -0.2) is 40.2 Å². The average molecular weight is 281 g/mol. The second-order valence-corrected chi connectivity index (χ2v) is 5.18. The van der Waals surface area contributed by atoms with E-state index in [1.807, 2.05) is 0 Å². The Balaban J connectivity index is 1.91. The van der Waals surface area contributed by atoms with E-state index in [4.69, 9.17) is 9.47 Å². The first-order valence-electron chi connectivity index (χ1n) is 6.45. The molecule has 1 aliphatic heterocycles. The van der Waals surface area contributed by atoms with E-state index in [9.17, 15) is 20.3 Å². The predicted octanol–water partition coefficient (Wildman–Crippen LogP) is 0.660. The normalized spacial score (nSPS) is 32.1. The van der Waals surface area contributed by atoms with E-state index >= 15 is 0 Å². The van der Waals surface area contributed by atoms with Crippen LogP contribution in [0.2, 0.25) is 0 Å². The van der Waals surface area contributed by atoms with Crippen molar-refractivity contribution in [2.24, 2.45) is 0 Å². The molecule has 0 aromatic heterocycles. The van der Waals surface area contributed by atoms with E-state index < -0.39 is 24.2 Å². The summed E-state index contributed by atoms with van der Waals surface area (Å²) in [6.07, 6.45) is -1.88. The van der Waals surface area contributed by atoms with Gasteiger partial charge in [-0.05, 0) is 24.1 Å². The van der Waals surface area contributed by atoms with Crippen LogP contribution >= 0.6 is 0 Å². The molecule has 0 bridgehead atoms. The molecule has 0 spiro atoms. The lowest BCUT2D eigenvalue weighted by atomic mass is 9.77. The van der Waals surface area contributed by atoms with Crippen LogP contribution in [0.5, 0.6) is 11.5 Å². The first kappa shape index (κ1) is 13.1. The van der Waals surface area contributed by atoms with E-state index in [-0.39, 0.29) is 24.6 Å². The van der Waals surface area contributed by atoms with Gasteiger partial charge in [-0.25, -0.2) is 0 Å². The number of nitrogens with zero attached hydrogens (tertiary/aromatic N) is 1. The summed E-state index contributed by atoms with van der Waals surface area (Å²) in [5.41, 5.74) is 0.724. The number of aliphatic hydroxyl groups excluding tert-OH is 2. The Kier molecular flexibility index (Phi) is 3.23. The fourth-order valence-corrected chi connectivity index (χ4v) is 2.88. The van der Waals surface area contributed by atoms with Gasteiger partial charge in [0.05, 0.1) is 18.1 Å². The lowest BCUT2D eigenvalue weighted by Gasteiger charge is -2.32. The summed E-state index contributed by atoms with van der Waals surface area (Å²) in [6.45, 7) is 0.142. The van der Waals surface area contributed by atoms with Crippen molar-refractivity contribution in [2.75, 3.05) is 6.79 Å². The zero-order valence-corrected chi connectivity index (χ0v) is 10.6. The molecule has 1 saturated carbocycles. The first-order chi connectivity index (χ1) is 9.56. The van der Waals surface area contributed by atoms with Gasteiger partial charge in [-0.1, -0.05) is 6.07 Å². The third kappa shape index (κ3) is 2.19. The van der Waals surface area contributed by atoms with Gasteiger partial charge in [-0.15, -0.1) is 0 Å². The average Bonchev–Trinajstić information content (AvgIpc) is 2.88. The highest BCUT2D eigenvalue weighted by Crippen LogP contribution is 2.40. The molecule has 3 rings (SSSR count). The van der Waals surface area contributed by atoms with Crippen LogP contribution in [0.3, 0.4) is 0 Å². The van der Waals surface area contributed by atoms with Crippen molar-refractivity contribution in [3.05, 3.63) is 33.9 Å². The van der Waals surface area contributed by atoms with Crippen molar-refractivity contribution >= 4 is 0 Å². The van der Waals surface area contributed by atoms with E-state index in [2.05, 4.69) is 0 Å². The van der Waals surface area contributed by atoms with E-state index in [1.165, 1.54) is 0 Å². The maximum Gasteiger partial charge on any atom is 0.231 e. The van der Waals surface area contributed by atoms with Gasteiger partial charge < -0.3 is 19.7 Å². The van der Waals surface area contributed by atoms with E-state index in [1.54, 1.807) is 18.2 Å². The number of fused-ring (bicyclic) bond motifs is 1. The molecular weight excluding hydrogens is 266 g/mol. The molecule has 7 nitrogen and oxygen atoms in total. The minimum absolute atomic E-state index is 0.0483. The third-order valence-electron chi connectivity index (χ3n) is 3.98. The van der Waals surface area contributed by atoms with Gasteiger partial charge in [0.25, 0.3) is 0 Å². The van der Waals surface area contributed by atoms with Crippen LogP contribution < -0.4 is 9.47 Å². The minimum Gasteiger partial charge on any atom is -0.454 e. The molecule has 4 unspecified atom stereocenters. The van der Waals surface area contributed by atoms with Gasteiger partial charge in [0.15, 0.2) is 11.5 Å². The standard InChI is InChI=1S/C13H15NO6/c15-10-4-8(9(14(17)18)5-11(10)16)7-1-2-12-13(3-7)20-6-19-12/h1-3,8-11,15-16H,4-6H2. The van der Waals surface area contributed by atoms with Crippen molar-refractivity contribution in [1.82, 2.24) is 0 Å². The number of rotatable bonds is 2. The Morgan fingerprint density at radius 3 is 2.60 bits per heavy atom. The summed E-state index contributed by atoms with van der Waals surface area (Å²) in [5.74, 6) is 0.728. The maximum absolute atomic E-state index is 11.2. The van der Waals surface area contributed by atoms with Crippen LogP contribution in [0.15, 0.2) is 18.2 Å². The molecule has 7 heteroatoms. The van der Waals surface area contributed by atoms with Gasteiger partial charge in [-0.2, -0.15) is 0 Å². The fourth-order valence-electron chi connectivity index (χ4n) is 2.88. The Bertz CT molecular complexity index is 534. The van der Waals surface area contributed by atoms with Gasteiger partial charge in [-0.3, -0.25) is 10.1 Å². The third-order valence-corrected chi connectivity index (χ3v) is 3.98. The second-order valence-electron chi connectivity index (χ2n) is 5.18. The number of hydrogen-bond donors (Lipinski definition) is 2. The smallest absolute Gasteiger partial charge is 0.231 e. The molecular formula is C13H15NO6. The molecule has 0 radical (unpaired) electrons. The molecule has 1 aromatic carbocycles. The molecule has 0 amide bonds. The van der Waals surface area contributed by atoms with Crippen LogP contribution in [0.4, 0.5) is 0 Å². The van der Waals surface area contributed by atoms with Crippen LogP contribution in [-0.2, 0) is 0 Å². The summed E-state index contributed by atoms with van der Waals surface area (Å²) >= 11 is 0. The van der Waals surface area contributed by atoms with E-state index in [0.717, 1.165) is 5.56 Å². The van der Waals surface area contributed by atoms with Crippen LogP contribution in [0.1, 0.15) is 24.3 Å². The minimum atomic E-state index is -1.05. The molecule has 1 fully saturated rings. The number of benzene rings is 1. The SMILES string of the molecule is O=[N+]([O-])C1CC(O)C(O)CC1c1ccc2c(c1)OCO2.